The van der Waals surface area contributed by atoms with E-state index in [0.717, 1.165) is 12.8 Å². The molecular formula is C14H22O2. The van der Waals surface area contributed by atoms with Crippen LogP contribution in [-0.2, 0) is 9.59 Å². The maximum absolute atomic E-state index is 12.2. The van der Waals surface area contributed by atoms with Crippen LogP contribution in [0.5, 0.6) is 0 Å². The Morgan fingerprint density at radius 2 is 2.00 bits per heavy atom. The highest BCUT2D eigenvalue weighted by Crippen LogP contribution is 2.62. The van der Waals surface area contributed by atoms with E-state index in [1.54, 1.807) is 0 Å². The van der Waals surface area contributed by atoms with Gasteiger partial charge in [-0.25, -0.2) is 0 Å². The van der Waals surface area contributed by atoms with Gasteiger partial charge < -0.3 is 0 Å². The molecule has 2 rings (SSSR count). The number of carbonyl (C=O) groups excluding carboxylic acids is 2. The van der Waals surface area contributed by atoms with Crippen molar-refractivity contribution in [3.63, 3.8) is 0 Å². The summed E-state index contributed by atoms with van der Waals surface area (Å²) in [6.07, 6.45) is 3.12. The van der Waals surface area contributed by atoms with Crippen LogP contribution in [0.3, 0.4) is 0 Å². The highest BCUT2D eigenvalue weighted by Gasteiger charge is 2.61. The van der Waals surface area contributed by atoms with Crippen LogP contribution in [0.25, 0.3) is 0 Å². The maximum atomic E-state index is 12.2. The lowest BCUT2D eigenvalue weighted by atomic mass is 9.73. The molecule has 2 aliphatic rings. The van der Waals surface area contributed by atoms with Gasteiger partial charge in [-0.05, 0) is 24.2 Å². The van der Waals surface area contributed by atoms with Crippen LogP contribution < -0.4 is 0 Å². The number of ketones is 2. The molecule has 0 aromatic heterocycles. The van der Waals surface area contributed by atoms with E-state index in [0.29, 0.717) is 24.5 Å². The molecule has 16 heavy (non-hydrogen) atoms. The first-order valence-corrected chi connectivity index (χ1v) is 6.39. The molecule has 2 aliphatic carbocycles. The van der Waals surface area contributed by atoms with Gasteiger partial charge in [0.25, 0.3) is 0 Å². The summed E-state index contributed by atoms with van der Waals surface area (Å²) < 4.78 is 0. The fourth-order valence-electron chi connectivity index (χ4n) is 4.35. The van der Waals surface area contributed by atoms with E-state index >= 15 is 0 Å². The molecule has 2 saturated carbocycles. The lowest BCUT2D eigenvalue weighted by Crippen LogP contribution is -2.35. The summed E-state index contributed by atoms with van der Waals surface area (Å²) in [5.74, 6) is 1.05. The zero-order valence-electron chi connectivity index (χ0n) is 10.8. The first-order valence-electron chi connectivity index (χ1n) is 6.39. The largest absolute Gasteiger partial charge is 0.299 e. The first-order chi connectivity index (χ1) is 7.33. The van der Waals surface area contributed by atoms with Gasteiger partial charge in [0.05, 0.1) is 0 Å². The molecule has 2 nitrogen and oxygen atoms in total. The lowest BCUT2D eigenvalue weighted by molar-refractivity contribution is -0.136. The molecule has 0 spiro atoms. The molecule has 0 aliphatic heterocycles. The van der Waals surface area contributed by atoms with Crippen molar-refractivity contribution in [1.82, 2.24) is 0 Å². The average Bonchev–Trinajstić information content (AvgIpc) is 2.67. The van der Waals surface area contributed by atoms with Gasteiger partial charge in [-0.2, -0.15) is 0 Å². The molecule has 2 heteroatoms. The monoisotopic (exact) mass is 222 g/mol. The summed E-state index contributed by atoms with van der Waals surface area (Å²) in [5, 5.41) is 0. The molecule has 0 bridgehead atoms. The molecule has 0 saturated heterocycles. The number of carbonyl (C=O) groups is 2. The van der Waals surface area contributed by atoms with Gasteiger partial charge in [0.1, 0.15) is 11.6 Å². The van der Waals surface area contributed by atoms with Gasteiger partial charge in [0.15, 0.2) is 0 Å². The molecule has 0 N–H and O–H groups in total. The molecule has 0 radical (unpaired) electrons. The molecule has 0 aromatic rings. The molecule has 0 aromatic carbocycles. The number of fused-ring (bicyclic) bond motifs is 1. The third-order valence-corrected chi connectivity index (χ3v) is 4.92. The van der Waals surface area contributed by atoms with Crippen LogP contribution in [0.15, 0.2) is 0 Å². The second-order valence-electron chi connectivity index (χ2n) is 6.45. The summed E-state index contributed by atoms with van der Waals surface area (Å²) in [7, 11) is 0. The highest BCUT2D eigenvalue weighted by atomic mass is 16.1. The second-order valence-corrected chi connectivity index (χ2v) is 6.45. The fourth-order valence-corrected chi connectivity index (χ4v) is 4.35. The third-order valence-electron chi connectivity index (χ3n) is 4.92. The van der Waals surface area contributed by atoms with Crippen molar-refractivity contribution in [2.75, 3.05) is 0 Å². The zero-order chi connectivity index (χ0) is 12.1. The van der Waals surface area contributed by atoms with Crippen molar-refractivity contribution in [3.05, 3.63) is 0 Å². The minimum Gasteiger partial charge on any atom is -0.299 e. The number of hydrogen-bond donors (Lipinski definition) is 0. The van der Waals surface area contributed by atoms with Crippen molar-refractivity contribution in [2.45, 2.75) is 53.4 Å². The van der Waals surface area contributed by atoms with E-state index in [4.69, 9.17) is 0 Å². The molecular weight excluding hydrogens is 200 g/mol. The van der Waals surface area contributed by atoms with E-state index in [-0.39, 0.29) is 22.5 Å². The van der Waals surface area contributed by atoms with Gasteiger partial charge in [0, 0.05) is 24.2 Å². The van der Waals surface area contributed by atoms with Crippen molar-refractivity contribution >= 4 is 11.6 Å². The molecule has 0 amide bonds. The van der Waals surface area contributed by atoms with E-state index in [9.17, 15) is 9.59 Å². The van der Waals surface area contributed by atoms with Crippen molar-refractivity contribution in [1.29, 1.82) is 0 Å². The maximum Gasteiger partial charge on any atom is 0.139 e. The summed E-state index contributed by atoms with van der Waals surface area (Å²) in [6.45, 7) is 8.37. The molecule has 0 unspecified atom stereocenters. The Morgan fingerprint density at radius 1 is 1.38 bits per heavy atom. The van der Waals surface area contributed by atoms with E-state index in [1.165, 1.54) is 0 Å². The zero-order valence-corrected chi connectivity index (χ0v) is 10.8. The summed E-state index contributed by atoms with van der Waals surface area (Å²) >= 11 is 0. The van der Waals surface area contributed by atoms with Crippen LogP contribution in [-0.4, -0.2) is 11.6 Å². The van der Waals surface area contributed by atoms with E-state index < -0.39 is 0 Å². The predicted molar refractivity (Wildman–Crippen MR) is 63.0 cm³/mol. The molecule has 0 heterocycles. The standard InChI is InChI=1S/C14H22O2/c1-5-11(16)14(4)8-13(2,3)9-6-7-10(15)12(9)14/h9,12H,5-8H2,1-4H3/t9-,12-,14-/m1/s1. The smallest absolute Gasteiger partial charge is 0.139 e. The Labute approximate surface area is 97.8 Å². The Kier molecular flexibility index (Phi) is 2.52. The number of Topliss-reactive ketones (excluding diaryl/α,β-unsaturated/α-hetero) is 2. The van der Waals surface area contributed by atoms with Crippen LogP contribution in [0, 0.1) is 22.7 Å². The van der Waals surface area contributed by atoms with Crippen LogP contribution in [0.4, 0.5) is 0 Å². The number of rotatable bonds is 2. The summed E-state index contributed by atoms with van der Waals surface area (Å²) in [4.78, 5) is 24.2. The summed E-state index contributed by atoms with van der Waals surface area (Å²) in [5.41, 5.74) is -0.229. The van der Waals surface area contributed by atoms with Crippen molar-refractivity contribution in [3.8, 4) is 0 Å². The van der Waals surface area contributed by atoms with Gasteiger partial charge in [-0.1, -0.05) is 27.7 Å². The highest BCUT2D eigenvalue weighted by molar-refractivity contribution is 5.94. The van der Waals surface area contributed by atoms with Gasteiger partial charge in [-0.3, -0.25) is 9.59 Å². The SMILES string of the molecule is CCC(=O)[C@@]1(C)CC(C)(C)[C@@H]2CCC(=O)[C@@H]21. The quantitative estimate of drug-likeness (QED) is 0.719. The molecule has 90 valence electrons. The normalized spacial score (nSPS) is 41.1. The van der Waals surface area contributed by atoms with Gasteiger partial charge in [-0.15, -0.1) is 0 Å². The third kappa shape index (κ3) is 1.38. The van der Waals surface area contributed by atoms with Crippen molar-refractivity contribution < 1.29 is 9.59 Å². The first kappa shape index (κ1) is 11.8. The van der Waals surface area contributed by atoms with E-state index in [1.807, 2.05) is 13.8 Å². The topological polar surface area (TPSA) is 34.1 Å². The van der Waals surface area contributed by atoms with E-state index in [2.05, 4.69) is 13.8 Å². The second kappa shape index (κ2) is 3.41. The Hall–Kier alpha value is -0.660. The van der Waals surface area contributed by atoms with Crippen molar-refractivity contribution in [2.24, 2.45) is 22.7 Å². The Balaban J connectivity index is 2.42. The minimum atomic E-state index is -0.378. The van der Waals surface area contributed by atoms with Crippen LogP contribution >= 0.6 is 0 Å². The average molecular weight is 222 g/mol. The van der Waals surface area contributed by atoms with Crippen LogP contribution in [0.1, 0.15) is 53.4 Å². The van der Waals surface area contributed by atoms with Gasteiger partial charge in [0.2, 0.25) is 0 Å². The number of hydrogen-bond acceptors (Lipinski definition) is 2. The Bertz CT molecular complexity index is 343. The van der Waals surface area contributed by atoms with Crippen LogP contribution in [0.2, 0.25) is 0 Å². The minimum absolute atomic E-state index is 0.00921. The predicted octanol–water partition coefficient (Wildman–Crippen LogP) is 3.00. The lowest BCUT2D eigenvalue weighted by Gasteiger charge is -2.28. The fraction of sp³-hybridized carbons (Fsp3) is 0.857. The summed E-state index contributed by atoms with van der Waals surface area (Å²) in [6, 6.07) is 0. The molecule has 3 atom stereocenters. The molecule has 2 fully saturated rings. The van der Waals surface area contributed by atoms with Gasteiger partial charge >= 0.3 is 0 Å². The Morgan fingerprint density at radius 3 is 2.56 bits per heavy atom.